The molecule has 0 bridgehead atoms. The maximum Gasteiger partial charge on any atom is 0.284 e. The number of amidine groups is 1. The molecule has 9 nitrogen and oxygen atoms in total. The van der Waals surface area contributed by atoms with Gasteiger partial charge < -0.3 is 0 Å². The lowest BCUT2D eigenvalue weighted by molar-refractivity contribution is -0.115. The molecular weight excluding hydrogens is 620 g/mol. The van der Waals surface area contributed by atoms with E-state index < -0.39 is 15.8 Å². The Morgan fingerprint density at radius 1 is 0.886 bits per heavy atom. The predicted octanol–water partition coefficient (Wildman–Crippen LogP) is 6.25. The van der Waals surface area contributed by atoms with Gasteiger partial charge in [0.25, 0.3) is 10.0 Å². The van der Waals surface area contributed by atoms with Crippen LogP contribution in [0.3, 0.4) is 0 Å². The highest BCUT2D eigenvalue weighted by Gasteiger charge is 2.33. The van der Waals surface area contributed by atoms with Crippen LogP contribution in [0.15, 0.2) is 123 Å². The van der Waals surface area contributed by atoms with Gasteiger partial charge in [-0.25, -0.2) is 9.07 Å². The number of aromatic nitrogens is 2. The highest BCUT2D eigenvalue weighted by molar-refractivity contribution is 8.16. The molecule has 7 rings (SSSR count). The van der Waals surface area contributed by atoms with Gasteiger partial charge in [-0.2, -0.15) is 18.6 Å². The molecule has 3 aromatic carbocycles. The van der Waals surface area contributed by atoms with Crippen LogP contribution < -0.4 is 9.91 Å². The summed E-state index contributed by atoms with van der Waals surface area (Å²) in [5, 5.41) is 13.4. The Bertz CT molecular complexity index is 1990. The highest BCUT2D eigenvalue weighted by atomic mass is 32.2. The van der Waals surface area contributed by atoms with E-state index in [4.69, 9.17) is 5.10 Å². The van der Waals surface area contributed by atoms with E-state index in [9.17, 15) is 17.6 Å². The lowest BCUT2D eigenvalue weighted by Crippen LogP contribution is -2.29. The van der Waals surface area contributed by atoms with Gasteiger partial charge in [-0.15, -0.1) is 15.7 Å². The quantitative estimate of drug-likeness (QED) is 0.208. The zero-order valence-electron chi connectivity index (χ0n) is 22.9. The van der Waals surface area contributed by atoms with E-state index in [-0.39, 0.29) is 27.8 Å². The first-order valence-corrected chi connectivity index (χ1v) is 16.8. The molecule has 0 N–H and O–H groups in total. The summed E-state index contributed by atoms with van der Waals surface area (Å²) < 4.78 is 45.9. The van der Waals surface area contributed by atoms with Crippen molar-refractivity contribution in [2.75, 3.05) is 15.7 Å². The summed E-state index contributed by atoms with van der Waals surface area (Å²) in [5.41, 5.74) is 3.90. The topological polar surface area (TPSA) is 100 Å². The summed E-state index contributed by atoms with van der Waals surface area (Å²) in [5.74, 6) is -0.760. The fourth-order valence-corrected chi connectivity index (χ4v) is 7.85. The lowest BCUT2D eigenvalue weighted by Gasteiger charge is -2.22. The number of carbonyl (C=O) groups excluding carboxylic acids is 1. The van der Waals surface area contributed by atoms with E-state index in [1.807, 2.05) is 69.9 Å². The Labute approximate surface area is 261 Å². The highest BCUT2D eigenvalue weighted by Crippen LogP contribution is 2.38. The summed E-state index contributed by atoms with van der Waals surface area (Å²) in [4.78, 5) is 14.8. The first-order valence-electron chi connectivity index (χ1n) is 13.5. The molecule has 2 aromatic heterocycles. The van der Waals surface area contributed by atoms with Gasteiger partial charge in [-0.3, -0.25) is 14.7 Å². The molecule has 0 aliphatic carbocycles. The summed E-state index contributed by atoms with van der Waals surface area (Å²) >= 11 is 2.64. The molecule has 5 aromatic rings. The van der Waals surface area contributed by atoms with Crippen molar-refractivity contribution in [3.63, 3.8) is 0 Å². The van der Waals surface area contributed by atoms with E-state index in [0.717, 1.165) is 33.6 Å². The number of hydrazone groups is 1. The van der Waals surface area contributed by atoms with E-state index in [1.54, 1.807) is 23.5 Å². The molecule has 0 spiro atoms. The molecule has 220 valence electrons. The molecule has 2 aliphatic rings. The maximum absolute atomic E-state index is 13.4. The molecule has 1 amide bonds. The second kappa shape index (κ2) is 11.5. The van der Waals surface area contributed by atoms with E-state index in [0.29, 0.717) is 17.8 Å². The second-order valence-electron chi connectivity index (χ2n) is 9.98. The summed E-state index contributed by atoms with van der Waals surface area (Å²) in [6.07, 6.45) is 4.47. The number of thioether (sulfide) groups is 1. The van der Waals surface area contributed by atoms with Crippen LogP contribution in [0.2, 0.25) is 0 Å². The van der Waals surface area contributed by atoms with Crippen LogP contribution in [0.1, 0.15) is 22.9 Å². The molecular formula is C31H23FN6O3S3. The van der Waals surface area contributed by atoms with Gasteiger partial charge >= 0.3 is 0 Å². The number of hydrogen-bond acceptors (Lipinski definition) is 8. The number of para-hydroxylation sites is 1. The molecule has 0 saturated carbocycles. The van der Waals surface area contributed by atoms with Crippen molar-refractivity contribution in [3.05, 3.63) is 125 Å². The molecule has 44 heavy (non-hydrogen) atoms. The summed E-state index contributed by atoms with van der Waals surface area (Å²) in [6.45, 7) is 0. The Balaban J connectivity index is 1.18. The van der Waals surface area contributed by atoms with Crippen molar-refractivity contribution in [2.24, 2.45) is 9.50 Å². The van der Waals surface area contributed by atoms with Gasteiger partial charge in [0.2, 0.25) is 5.91 Å². The third-order valence-corrected chi connectivity index (χ3v) is 10.4. The minimum atomic E-state index is -4.16. The molecule has 1 saturated heterocycles. The van der Waals surface area contributed by atoms with Gasteiger partial charge in [0, 0.05) is 18.2 Å². The molecule has 1 fully saturated rings. The fourth-order valence-electron chi connectivity index (χ4n) is 5.03. The third-order valence-electron chi connectivity index (χ3n) is 7.17. The number of halogens is 1. The predicted molar refractivity (Wildman–Crippen MR) is 172 cm³/mol. The number of sulfonamides is 1. The van der Waals surface area contributed by atoms with Gasteiger partial charge in [0.15, 0.2) is 5.17 Å². The monoisotopic (exact) mass is 642 g/mol. The second-order valence-corrected chi connectivity index (χ2v) is 13.5. The molecule has 13 heteroatoms. The number of carbonyl (C=O) groups is 1. The average molecular weight is 643 g/mol. The normalized spacial score (nSPS) is 17.9. The summed E-state index contributed by atoms with van der Waals surface area (Å²) in [7, 11) is -4.16. The van der Waals surface area contributed by atoms with Crippen molar-refractivity contribution in [3.8, 4) is 5.69 Å². The van der Waals surface area contributed by atoms with Crippen molar-refractivity contribution < 1.29 is 17.6 Å². The minimum absolute atomic E-state index is 0.0194. The summed E-state index contributed by atoms with van der Waals surface area (Å²) in [6, 6.07) is 25.3. The van der Waals surface area contributed by atoms with E-state index in [2.05, 4.69) is 9.50 Å². The Kier molecular flexibility index (Phi) is 7.36. The van der Waals surface area contributed by atoms with E-state index >= 15 is 0 Å². The fraction of sp³-hybridized carbons (Fsp3) is 0.0968. The van der Waals surface area contributed by atoms with Crippen LogP contribution in [-0.2, 0) is 14.8 Å². The molecule has 0 radical (unpaired) electrons. The lowest BCUT2D eigenvalue weighted by atomic mass is 10.0. The number of amides is 1. The van der Waals surface area contributed by atoms with Crippen LogP contribution in [0.5, 0.6) is 0 Å². The van der Waals surface area contributed by atoms with Crippen molar-refractivity contribution in [1.29, 1.82) is 0 Å². The number of hydrogen-bond donors (Lipinski definition) is 0. The van der Waals surface area contributed by atoms with Crippen LogP contribution >= 0.6 is 23.1 Å². The first-order chi connectivity index (χ1) is 21.4. The molecule has 2 aliphatic heterocycles. The maximum atomic E-state index is 13.4. The Hall–Kier alpha value is -4.59. The standard InChI is InChI=1S/C31H23FN6O3S3/c32-22-8-10-24(11-9-22)37-30(39)20-43-31(37)35-44(40,41)26-14-12-25(13-15-26)38-28(17-27(34-38)29-7-4-16-42-29)21-18-33-36(19-21)23-5-2-1-3-6-23/h1-16,18-19,28H,17,20H2/b35-31+. The van der Waals surface area contributed by atoms with Gasteiger partial charge in [-0.05, 0) is 72.1 Å². The van der Waals surface area contributed by atoms with Gasteiger partial charge in [0.05, 0.1) is 50.5 Å². The van der Waals surface area contributed by atoms with Crippen LogP contribution in [0, 0.1) is 5.82 Å². The van der Waals surface area contributed by atoms with Crippen LogP contribution in [-0.4, -0.2) is 40.7 Å². The SMILES string of the molecule is O=C1CS/C(=N/S(=O)(=O)c2ccc(N3N=C(c4cccs4)CC3c3cnn(-c4ccccc4)c3)cc2)N1c1ccc(F)cc1. The molecule has 4 heterocycles. The van der Waals surface area contributed by atoms with Crippen LogP contribution in [0.25, 0.3) is 5.69 Å². The molecule has 1 unspecified atom stereocenters. The first kappa shape index (κ1) is 28.2. The van der Waals surface area contributed by atoms with Crippen molar-refractivity contribution in [1.82, 2.24) is 9.78 Å². The molecule has 1 atom stereocenters. The third kappa shape index (κ3) is 5.45. The van der Waals surface area contributed by atoms with Crippen LogP contribution in [0.4, 0.5) is 15.8 Å². The number of thiophene rings is 1. The van der Waals surface area contributed by atoms with Crippen molar-refractivity contribution in [2.45, 2.75) is 17.4 Å². The average Bonchev–Trinajstić information content (AvgIpc) is 3.85. The smallest absolute Gasteiger partial charge is 0.273 e. The van der Waals surface area contributed by atoms with Crippen molar-refractivity contribution >= 4 is 61.3 Å². The van der Waals surface area contributed by atoms with E-state index in [1.165, 1.54) is 41.3 Å². The number of nitrogens with zero attached hydrogens (tertiary/aromatic N) is 6. The zero-order valence-corrected chi connectivity index (χ0v) is 25.3. The largest absolute Gasteiger partial charge is 0.284 e. The van der Waals surface area contributed by atoms with Gasteiger partial charge in [-0.1, -0.05) is 36.0 Å². The Morgan fingerprint density at radius 3 is 2.36 bits per heavy atom. The Morgan fingerprint density at radius 2 is 1.64 bits per heavy atom. The zero-order chi connectivity index (χ0) is 30.3. The number of benzene rings is 3. The number of anilines is 2. The minimum Gasteiger partial charge on any atom is -0.273 e. The van der Waals surface area contributed by atoms with Gasteiger partial charge in [0.1, 0.15) is 5.82 Å². The number of rotatable bonds is 7.